The third-order valence-corrected chi connectivity index (χ3v) is 6.76. The van der Waals surface area contributed by atoms with E-state index in [1.54, 1.807) is 31.2 Å². The molecular weight excluding hydrogens is 596 g/mol. The van der Waals surface area contributed by atoms with Crippen molar-refractivity contribution < 1.29 is 33.3 Å². The predicted molar refractivity (Wildman–Crippen MR) is 156 cm³/mol. The zero-order valence-electron chi connectivity index (χ0n) is 23.0. The molecule has 0 spiro atoms. The number of nitrogens with zero attached hydrogens (tertiary/aromatic N) is 1. The topological polar surface area (TPSA) is 144 Å². The van der Waals surface area contributed by atoms with Gasteiger partial charge < -0.3 is 34.4 Å². The zero-order valence-corrected chi connectivity index (χ0v) is 24.6. The summed E-state index contributed by atoms with van der Waals surface area (Å²) in [5, 5.41) is 19.7. The Labute approximate surface area is 245 Å². The van der Waals surface area contributed by atoms with Crippen molar-refractivity contribution in [1.82, 2.24) is 16.1 Å². The molecule has 216 valence electrons. The van der Waals surface area contributed by atoms with E-state index in [0.717, 1.165) is 15.6 Å². The lowest BCUT2D eigenvalue weighted by atomic mass is 9.95. The van der Waals surface area contributed by atoms with Gasteiger partial charge in [0.2, 0.25) is 0 Å². The van der Waals surface area contributed by atoms with Crippen molar-refractivity contribution in [3.05, 3.63) is 81.2 Å². The number of halogens is 1. The quantitative estimate of drug-likeness (QED) is 0.105. The Balaban J connectivity index is 1.40. The van der Waals surface area contributed by atoms with Gasteiger partial charge in [-0.3, -0.25) is 5.43 Å². The summed E-state index contributed by atoms with van der Waals surface area (Å²) in [6.07, 6.45) is 0.318. The van der Waals surface area contributed by atoms with Crippen LogP contribution in [0.5, 0.6) is 11.5 Å². The number of carbonyl (C=O) groups excluding carboxylic acids is 2. The van der Waals surface area contributed by atoms with Crippen LogP contribution in [0, 0.1) is 6.92 Å². The fourth-order valence-electron chi connectivity index (χ4n) is 4.20. The molecule has 2 aromatic carbocycles. The van der Waals surface area contributed by atoms with Gasteiger partial charge in [-0.25, -0.2) is 9.59 Å². The minimum absolute atomic E-state index is 0.146. The first-order valence-corrected chi connectivity index (χ1v) is 13.6. The van der Waals surface area contributed by atoms with Gasteiger partial charge in [-0.1, -0.05) is 28.1 Å². The van der Waals surface area contributed by atoms with E-state index >= 15 is 0 Å². The van der Waals surface area contributed by atoms with E-state index in [1.807, 2.05) is 38.1 Å². The van der Waals surface area contributed by atoms with Crippen molar-refractivity contribution in [3.8, 4) is 22.8 Å². The lowest BCUT2D eigenvalue weighted by Crippen LogP contribution is -2.45. The Morgan fingerprint density at radius 2 is 1.98 bits per heavy atom. The number of hydrogen-bond acceptors (Lipinski definition) is 9. The van der Waals surface area contributed by atoms with Crippen LogP contribution in [-0.4, -0.2) is 49.9 Å². The molecule has 0 saturated heterocycles. The summed E-state index contributed by atoms with van der Waals surface area (Å²) in [6, 6.07) is 13.4. The van der Waals surface area contributed by atoms with E-state index in [1.165, 1.54) is 13.3 Å². The van der Waals surface area contributed by atoms with Crippen LogP contribution in [-0.2, 0) is 9.53 Å². The number of hydrazone groups is 1. The highest BCUT2D eigenvalue weighted by Crippen LogP contribution is 2.35. The third-order valence-electron chi connectivity index (χ3n) is 6.10. The van der Waals surface area contributed by atoms with Gasteiger partial charge in [0.25, 0.3) is 0 Å². The number of carbonyl (C=O) groups is 2. The number of aryl methyl sites for hydroxylation is 1. The summed E-state index contributed by atoms with van der Waals surface area (Å²) in [5.41, 5.74) is 5.91. The second-order valence-electron chi connectivity index (χ2n) is 9.10. The summed E-state index contributed by atoms with van der Waals surface area (Å²) in [5.74, 6) is 1.35. The minimum atomic E-state index is -1.14. The van der Waals surface area contributed by atoms with Crippen LogP contribution in [0.4, 0.5) is 4.79 Å². The molecule has 2 heterocycles. The number of amides is 2. The summed E-state index contributed by atoms with van der Waals surface area (Å²) in [7, 11) is 1.28. The van der Waals surface area contributed by atoms with Crippen LogP contribution in [0.15, 0.2) is 73.8 Å². The predicted octanol–water partition coefficient (Wildman–Crippen LogP) is 4.54. The Bertz CT molecular complexity index is 1480. The van der Waals surface area contributed by atoms with E-state index < -0.39 is 24.3 Å². The Hall–Kier alpha value is -4.29. The molecule has 3 aromatic rings. The molecule has 2 amide bonds. The highest BCUT2D eigenvalue weighted by Gasteiger charge is 2.32. The van der Waals surface area contributed by atoms with E-state index in [0.29, 0.717) is 40.9 Å². The summed E-state index contributed by atoms with van der Waals surface area (Å²) in [6.45, 7) is 5.65. The normalized spacial score (nSPS) is 15.8. The Kier molecular flexibility index (Phi) is 9.69. The number of furan rings is 1. The number of aliphatic hydroxyl groups is 1. The number of ether oxygens (including phenoxy) is 3. The van der Waals surface area contributed by atoms with E-state index in [4.69, 9.17) is 18.6 Å². The van der Waals surface area contributed by atoms with Crippen molar-refractivity contribution in [1.29, 1.82) is 0 Å². The average Bonchev–Trinajstić information content (AvgIpc) is 3.40. The molecule has 1 aliphatic rings. The number of benzene rings is 2. The number of rotatable bonds is 11. The highest BCUT2D eigenvalue weighted by atomic mass is 79.9. The van der Waals surface area contributed by atoms with Gasteiger partial charge in [-0.15, -0.1) is 0 Å². The minimum Gasteiger partial charge on any atom is -0.490 e. The van der Waals surface area contributed by atoms with Gasteiger partial charge in [0.15, 0.2) is 17.7 Å². The number of allylic oxidation sites excluding steroid dienone is 1. The molecule has 11 nitrogen and oxygen atoms in total. The van der Waals surface area contributed by atoms with Gasteiger partial charge in [0.1, 0.15) is 18.1 Å². The molecular formula is C29H31BrN4O7. The first-order chi connectivity index (χ1) is 19.7. The number of hydrogen-bond donors (Lipinski definition) is 4. The third kappa shape index (κ3) is 7.27. The number of methoxy groups -OCH3 is 1. The lowest BCUT2D eigenvalue weighted by Gasteiger charge is -2.28. The molecule has 1 aromatic heterocycles. The van der Waals surface area contributed by atoms with Crippen molar-refractivity contribution >= 4 is 34.1 Å². The first-order valence-electron chi connectivity index (χ1n) is 12.8. The highest BCUT2D eigenvalue weighted by molar-refractivity contribution is 9.10. The summed E-state index contributed by atoms with van der Waals surface area (Å²) < 4.78 is 23.2. The standard InChI is InChI=1S/C29H31BrN4O7/c1-5-39-24-13-18(27-26(28(36)38-4)17(3)32-29(37)33-27)7-10-23(24)40-15-25(35)34-31-14-19-8-11-22(41-19)20-9-6-16(2)12-21(20)30/h6-14,25,27,34-35H,5,15H2,1-4H3,(H2,32,33,37)/b31-14+/t25-,27-/m1/s1. The van der Waals surface area contributed by atoms with Crippen LogP contribution in [0.2, 0.25) is 0 Å². The Morgan fingerprint density at radius 1 is 1.17 bits per heavy atom. The van der Waals surface area contributed by atoms with Crippen molar-refractivity contribution in [2.75, 3.05) is 20.3 Å². The molecule has 41 heavy (non-hydrogen) atoms. The van der Waals surface area contributed by atoms with Crippen LogP contribution >= 0.6 is 15.9 Å². The SMILES string of the molecule is CCOc1cc([C@H]2NC(=O)NC(C)=C2C(=O)OC)ccc1OC[C@@H](O)N/N=C/c1ccc(-c2ccc(C)cc2Br)o1. The average molecular weight is 627 g/mol. The van der Waals surface area contributed by atoms with Crippen LogP contribution in [0.25, 0.3) is 11.3 Å². The number of aliphatic hydroxyl groups excluding tert-OH is 1. The van der Waals surface area contributed by atoms with Crippen molar-refractivity contribution in [2.24, 2.45) is 5.10 Å². The van der Waals surface area contributed by atoms with Crippen LogP contribution in [0.1, 0.15) is 36.8 Å². The summed E-state index contributed by atoms with van der Waals surface area (Å²) in [4.78, 5) is 24.5. The molecule has 12 heteroatoms. The molecule has 4 rings (SSSR count). The van der Waals surface area contributed by atoms with E-state index in [9.17, 15) is 14.7 Å². The molecule has 0 radical (unpaired) electrons. The molecule has 4 N–H and O–H groups in total. The maximum Gasteiger partial charge on any atom is 0.337 e. The van der Waals surface area contributed by atoms with Crippen molar-refractivity contribution in [3.63, 3.8) is 0 Å². The zero-order chi connectivity index (χ0) is 29.5. The van der Waals surface area contributed by atoms with Gasteiger partial charge in [-0.2, -0.15) is 5.10 Å². The maximum absolute atomic E-state index is 12.4. The second kappa shape index (κ2) is 13.4. The number of urea groups is 1. The van der Waals surface area contributed by atoms with Crippen LogP contribution in [0.3, 0.4) is 0 Å². The van der Waals surface area contributed by atoms with Gasteiger partial charge >= 0.3 is 12.0 Å². The molecule has 2 atom stereocenters. The van der Waals surface area contributed by atoms with Crippen LogP contribution < -0.4 is 25.5 Å². The van der Waals surface area contributed by atoms with Gasteiger partial charge in [0, 0.05) is 15.7 Å². The molecule has 0 unspecified atom stereocenters. The van der Waals surface area contributed by atoms with E-state index in [-0.39, 0.29) is 12.2 Å². The van der Waals surface area contributed by atoms with Gasteiger partial charge in [0.05, 0.1) is 31.5 Å². The molecule has 0 aliphatic carbocycles. The molecule has 1 aliphatic heterocycles. The van der Waals surface area contributed by atoms with Gasteiger partial charge in [-0.05, 0) is 68.3 Å². The lowest BCUT2D eigenvalue weighted by molar-refractivity contribution is -0.136. The first kappa shape index (κ1) is 29.7. The molecule has 0 bridgehead atoms. The largest absolute Gasteiger partial charge is 0.490 e. The van der Waals surface area contributed by atoms with E-state index in [2.05, 4.69) is 37.1 Å². The molecule has 0 fully saturated rings. The number of nitrogens with one attached hydrogen (secondary N) is 3. The van der Waals surface area contributed by atoms with Crippen molar-refractivity contribution in [2.45, 2.75) is 33.0 Å². The fourth-order valence-corrected chi connectivity index (χ4v) is 4.88. The smallest absolute Gasteiger partial charge is 0.337 e. The number of esters is 1. The second-order valence-corrected chi connectivity index (χ2v) is 9.95. The maximum atomic E-state index is 12.4. The molecule has 0 saturated carbocycles. The monoisotopic (exact) mass is 626 g/mol. The summed E-state index contributed by atoms with van der Waals surface area (Å²) >= 11 is 3.55. The fraction of sp³-hybridized carbons (Fsp3) is 0.276. The Morgan fingerprint density at radius 3 is 2.71 bits per heavy atom.